The van der Waals surface area contributed by atoms with Crippen LogP contribution in [0.4, 0.5) is 4.79 Å². The van der Waals surface area contributed by atoms with E-state index >= 15 is 0 Å². The number of amides is 2. The number of carbonyl (C=O) groups excluding carboxylic acids is 2. The maximum atomic E-state index is 12.8. The number of hydrogen-bond donors (Lipinski definition) is 2. The predicted octanol–water partition coefficient (Wildman–Crippen LogP) is 5.02. The van der Waals surface area contributed by atoms with Crippen molar-refractivity contribution in [3.8, 4) is 11.5 Å². The van der Waals surface area contributed by atoms with E-state index in [2.05, 4.69) is 24.5 Å². The maximum Gasteiger partial charge on any atom is 0.338 e. The Bertz CT molecular complexity index is 775. The Kier molecular flexibility index (Phi) is 10.2. The minimum Gasteiger partial charge on any atom is -0.493 e. The van der Waals surface area contributed by atoms with Gasteiger partial charge in [0.25, 0.3) is 0 Å². The molecule has 1 aliphatic heterocycles. The third-order valence-electron chi connectivity index (χ3n) is 5.21. The molecule has 172 valence electrons. The van der Waals surface area contributed by atoms with Crippen molar-refractivity contribution in [2.24, 2.45) is 0 Å². The van der Waals surface area contributed by atoms with Crippen LogP contribution in [0.2, 0.25) is 0 Å². The zero-order valence-electron chi connectivity index (χ0n) is 19.2. The third kappa shape index (κ3) is 6.91. The molecule has 1 unspecified atom stereocenters. The lowest BCUT2D eigenvalue weighted by atomic mass is 9.93. The largest absolute Gasteiger partial charge is 0.493 e. The third-order valence-corrected chi connectivity index (χ3v) is 5.21. The van der Waals surface area contributed by atoms with Crippen molar-refractivity contribution in [2.75, 3.05) is 20.3 Å². The first-order chi connectivity index (χ1) is 15.0. The van der Waals surface area contributed by atoms with E-state index in [0.717, 1.165) is 31.2 Å². The summed E-state index contributed by atoms with van der Waals surface area (Å²) in [4.78, 5) is 25.1. The summed E-state index contributed by atoms with van der Waals surface area (Å²) in [5.41, 5.74) is 1.79. The van der Waals surface area contributed by atoms with Gasteiger partial charge in [-0.15, -0.1) is 0 Å². The fourth-order valence-electron chi connectivity index (χ4n) is 3.56. The Labute approximate surface area is 185 Å². The van der Waals surface area contributed by atoms with Gasteiger partial charge in [-0.2, -0.15) is 0 Å². The smallest absolute Gasteiger partial charge is 0.338 e. The summed E-state index contributed by atoms with van der Waals surface area (Å²) in [6.45, 7) is 6.89. The number of unbranched alkanes of at least 4 members (excludes halogenated alkanes) is 4. The van der Waals surface area contributed by atoms with Crippen LogP contribution in [0.5, 0.6) is 11.5 Å². The zero-order valence-corrected chi connectivity index (χ0v) is 19.2. The lowest BCUT2D eigenvalue weighted by molar-refractivity contribution is -0.139. The molecule has 7 heteroatoms. The van der Waals surface area contributed by atoms with Gasteiger partial charge in [0.1, 0.15) is 0 Å². The quantitative estimate of drug-likeness (QED) is 0.338. The summed E-state index contributed by atoms with van der Waals surface area (Å²) in [5, 5.41) is 5.66. The van der Waals surface area contributed by atoms with Gasteiger partial charge in [0.15, 0.2) is 11.5 Å². The van der Waals surface area contributed by atoms with Crippen molar-refractivity contribution in [1.29, 1.82) is 0 Å². The average Bonchev–Trinajstić information content (AvgIpc) is 2.77. The van der Waals surface area contributed by atoms with E-state index < -0.39 is 12.0 Å². The highest BCUT2D eigenvalue weighted by molar-refractivity contribution is 5.95. The van der Waals surface area contributed by atoms with E-state index in [9.17, 15) is 9.59 Å². The highest BCUT2D eigenvalue weighted by Gasteiger charge is 2.33. The summed E-state index contributed by atoms with van der Waals surface area (Å²) < 4.78 is 16.7. The van der Waals surface area contributed by atoms with Crippen molar-refractivity contribution in [2.45, 2.75) is 71.8 Å². The zero-order chi connectivity index (χ0) is 22.6. The first-order valence-corrected chi connectivity index (χ1v) is 11.3. The molecule has 1 aliphatic rings. The maximum absolute atomic E-state index is 12.8. The Balaban J connectivity index is 2.31. The molecule has 2 amide bonds. The Morgan fingerprint density at radius 2 is 1.81 bits per heavy atom. The molecule has 1 atom stereocenters. The van der Waals surface area contributed by atoms with Gasteiger partial charge in [0, 0.05) is 5.70 Å². The second kappa shape index (κ2) is 12.9. The first-order valence-electron chi connectivity index (χ1n) is 11.3. The normalized spacial score (nSPS) is 15.9. The lowest BCUT2D eigenvalue weighted by Crippen LogP contribution is -2.46. The van der Waals surface area contributed by atoms with E-state index in [0.29, 0.717) is 35.8 Å². The number of allylic oxidation sites excluding steroid dienone is 1. The fourth-order valence-corrected chi connectivity index (χ4v) is 3.56. The second-order valence-corrected chi connectivity index (χ2v) is 7.57. The molecule has 1 aromatic rings. The van der Waals surface area contributed by atoms with Gasteiger partial charge in [-0.25, -0.2) is 9.59 Å². The molecular formula is C24H36N2O5. The van der Waals surface area contributed by atoms with Crippen molar-refractivity contribution < 1.29 is 23.8 Å². The molecule has 0 aromatic heterocycles. The predicted molar refractivity (Wildman–Crippen MR) is 120 cm³/mol. The van der Waals surface area contributed by atoms with E-state index in [1.165, 1.54) is 12.8 Å². The van der Waals surface area contributed by atoms with Crippen LogP contribution in [0.15, 0.2) is 29.5 Å². The van der Waals surface area contributed by atoms with Crippen LogP contribution in [0, 0.1) is 0 Å². The van der Waals surface area contributed by atoms with Crippen molar-refractivity contribution in [3.63, 3.8) is 0 Å². The van der Waals surface area contributed by atoms with Crippen LogP contribution < -0.4 is 20.1 Å². The molecule has 0 bridgehead atoms. The number of methoxy groups -OCH3 is 1. The molecule has 0 spiro atoms. The standard InChI is InChI=1S/C24H36N2O5/c1-5-8-10-11-15-31-19-14-13-17(16-20(19)29-4)22-21(23(27)30-7-3)18(12-9-6-2)25-24(28)26-22/h13-14,16,22H,5-12,15H2,1-4H3,(H2,25,26,28). The minimum absolute atomic E-state index is 0.262. The highest BCUT2D eigenvalue weighted by atomic mass is 16.5. The Morgan fingerprint density at radius 1 is 1.03 bits per heavy atom. The number of carbonyl (C=O) groups is 2. The summed E-state index contributed by atoms with van der Waals surface area (Å²) in [6, 6.07) is 4.55. The number of esters is 1. The first kappa shape index (κ1) is 24.6. The van der Waals surface area contributed by atoms with Crippen molar-refractivity contribution in [1.82, 2.24) is 10.6 Å². The van der Waals surface area contributed by atoms with Crippen molar-refractivity contribution in [3.05, 3.63) is 35.0 Å². The van der Waals surface area contributed by atoms with E-state index in [-0.39, 0.29) is 12.6 Å². The number of rotatable bonds is 13. The number of ether oxygens (including phenoxy) is 3. The molecule has 31 heavy (non-hydrogen) atoms. The fraction of sp³-hybridized carbons (Fsp3) is 0.583. The molecule has 2 N–H and O–H groups in total. The van der Waals surface area contributed by atoms with Gasteiger partial charge in [-0.1, -0.05) is 45.6 Å². The van der Waals surface area contributed by atoms with Gasteiger partial charge < -0.3 is 24.8 Å². The highest BCUT2D eigenvalue weighted by Crippen LogP contribution is 2.35. The molecule has 1 heterocycles. The molecule has 1 aromatic carbocycles. The van der Waals surface area contributed by atoms with Crippen LogP contribution in [0.25, 0.3) is 0 Å². The summed E-state index contributed by atoms with van der Waals surface area (Å²) >= 11 is 0. The Hall–Kier alpha value is -2.70. The van der Waals surface area contributed by atoms with Crippen LogP contribution >= 0.6 is 0 Å². The minimum atomic E-state index is -0.618. The van der Waals surface area contributed by atoms with Gasteiger partial charge in [-0.05, 0) is 43.9 Å². The van der Waals surface area contributed by atoms with Gasteiger partial charge in [0.05, 0.1) is 31.9 Å². The monoisotopic (exact) mass is 432 g/mol. The van der Waals surface area contributed by atoms with Gasteiger partial charge >= 0.3 is 12.0 Å². The molecule has 0 saturated heterocycles. The summed E-state index contributed by atoms with van der Waals surface area (Å²) in [7, 11) is 1.58. The summed E-state index contributed by atoms with van der Waals surface area (Å²) in [5.74, 6) is 0.788. The molecule has 7 nitrogen and oxygen atoms in total. The second-order valence-electron chi connectivity index (χ2n) is 7.57. The number of benzene rings is 1. The SMILES string of the molecule is CCCCCCOc1ccc(C2NC(=O)NC(CCCC)=C2C(=O)OCC)cc1OC. The molecular weight excluding hydrogens is 396 g/mol. The van der Waals surface area contributed by atoms with Gasteiger partial charge in [0.2, 0.25) is 0 Å². The summed E-state index contributed by atoms with van der Waals surface area (Å²) in [6.07, 6.45) is 6.90. The van der Waals surface area contributed by atoms with Crippen LogP contribution in [-0.2, 0) is 9.53 Å². The van der Waals surface area contributed by atoms with E-state index in [1.54, 1.807) is 14.0 Å². The number of urea groups is 1. The molecule has 0 radical (unpaired) electrons. The van der Waals surface area contributed by atoms with E-state index in [1.807, 2.05) is 18.2 Å². The van der Waals surface area contributed by atoms with Crippen LogP contribution in [0.3, 0.4) is 0 Å². The van der Waals surface area contributed by atoms with Gasteiger partial charge in [-0.3, -0.25) is 0 Å². The molecule has 0 aliphatic carbocycles. The number of hydrogen-bond acceptors (Lipinski definition) is 5. The van der Waals surface area contributed by atoms with Crippen LogP contribution in [-0.4, -0.2) is 32.3 Å². The van der Waals surface area contributed by atoms with E-state index in [4.69, 9.17) is 14.2 Å². The Morgan fingerprint density at radius 3 is 2.48 bits per heavy atom. The van der Waals surface area contributed by atoms with Crippen molar-refractivity contribution >= 4 is 12.0 Å². The lowest BCUT2D eigenvalue weighted by Gasteiger charge is -2.29. The van der Waals surface area contributed by atoms with Crippen LogP contribution in [0.1, 0.15) is 77.3 Å². The topological polar surface area (TPSA) is 85.9 Å². The molecule has 0 saturated carbocycles. The number of nitrogens with one attached hydrogen (secondary N) is 2. The average molecular weight is 433 g/mol. The molecule has 2 rings (SSSR count). The molecule has 0 fully saturated rings.